The van der Waals surface area contributed by atoms with Gasteiger partial charge in [-0.25, -0.2) is 4.79 Å². The van der Waals surface area contributed by atoms with Crippen LogP contribution >= 0.6 is 11.8 Å². The Bertz CT molecular complexity index is 1230. The summed E-state index contributed by atoms with van der Waals surface area (Å²) in [5.74, 6) is -2.68. The standard InChI is InChI=1S/C23H19N3O9S/c27-12-35-19(14-4-2-1-3-5-14)20(29)24-17-21(30)25-18(16(28)11-36-22(17)25)23(31)34-10-13-6-8-15(9-7-13)26(32)33/h1-9,12,17,19,22,28H,10-11H2,(H,24,29)/t17?,19?,22-/m1/s1. The maximum atomic E-state index is 12.9. The number of carbonyl (C=O) groups excluding carboxylic acids is 4. The first-order valence-corrected chi connectivity index (χ1v) is 11.6. The van der Waals surface area contributed by atoms with Gasteiger partial charge in [0.2, 0.25) is 6.10 Å². The average Bonchev–Trinajstić information content (AvgIpc) is 2.89. The van der Waals surface area contributed by atoms with Crippen molar-refractivity contribution in [2.75, 3.05) is 5.75 Å². The van der Waals surface area contributed by atoms with E-state index in [1.807, 2.05) is 0 Å². The Hall–Kier alpha value is -4.39. The van der Waals surface area contributed by atoms with Crippen LogP contribution in [0.15, 0.2) is 66.1 Å². The first-order chi connectivity index (χ1) is 17.3. The summed E-state index contributed by atoms with van der Waals surface area (Å²) in [6.07, 6.45) is -1.27. The van der Waals surface area contributed by atoms with E-state index < -0.39 is 40.2 Å². The van der Waals surface area contributed by atoms with E-state index in [1.165, 1.54) is 24.3 Å². The van der Waals surface area contributed by atoms with Crippen molar-refractivity contribution in [2.45, 2.75) is 24.1 Å². The number of non-ortho nitro benzene ring substituents is 1. The van der Waals surface area contributed by atoms with Crippen molar-refractivity contribution in [3.05, 3.63) is 87.3 Å². The van der Waals surface area contributed by atoms with Crippen molar-refractivity contribution in [3.8, 4) is 0 Å². The molecule has 0 bridgehead atoms. The fourth-order valence-corrected chi connectivity index (χ4v) is 4.93. The first-order valence-electron chi connectivity index (χ1n) is 10.5. The lowest BCUT2D eigenvalue weighted by Crippen LogP contribution is -2.71. The molecule has 0 aromatic heterocycles. The normalized spacial score (nSPS) is 19.4. The molecule has 2 aliphatic heterocycles. The van der Waals surface area contributed by atoms with E-state index in [2.05, 4.69) is 5.32 Å². The van der Waals surface area contributed by atoms with Crippen molar-refractivity contribution in [1.29, 1.82) is 0 Å². The number of amides is 2. The van der Waals surface area contributed by atoms with Gasteiger partial charge < -0.3 is 19.9 Å². The lowest BCUT2D eigenvalue weighted by Gasteiger charge is -2.48. The Labute approximate surface area is 208 Å². The van der Waals surface area contributed by atoms with Gasteiger partial charge in [-0.05, 0) is 17.7 Å². The molecule has 2 aromatic carbocycles. The number of esters is 1. The smallest absolute Gasteiger partial charge is 0.358 e. The average molecular weight is 513 g/mol. The summed E-state index contributed by atoms with van der Waals surface area (Å²) in [7, 11) is 0. The molecule has 0 aliphatic carbocycles. The number of thioether (sulfide) groups is 1. The minimum Gasteiger partial charge on any atom is -0.509 e. The van der Waals surface area contributed by atoms with Crippen molar-refractivity contribution in [1.82, 2.24) is 10.2 Å². The quantitative estimate of drug-likeness (QED) is 0.166. The van der Waals surface area contributed by atoms with Gasteiger partial charge in [0, 0.05) is 17.7 Å². The zero-order valence-corrected chi connectivity index (χ0v) is 19.3. The summed E-state index contributed by atoms with van der Waals surface area (Å²) >= 11 is 1.14. The molecule has 2 unspecified atom stereocenters. The fraction of sp³-hybridized carbons (Fsp3) is 0.217. The van der Waals surface area contributed by atoms with E-state index in [1.54, 1.807) is 30.3 Å². The molecule has 186 valence electrons. The van der Waals surface area contributed by atoms with Gasteiger partial charge in [-0.1, -0.05) is 30.3 Å². The molecule has 13 heteroatoms. The van der Waals surface area contributed by atoms with Crippen LogP contribution in [-0.4, -0.2) is 56.4 Å². The highest BCUT2D eigenvalue weighted by Crippen LogP contribution is 2.40. The summed E-state index contributed by atoms with van der Waals surface area (Å²) in [6, 6.07) is 12.6. The maximum Gasteiger partial charge on any atom is 0.358 e. The number of aliphatic hydroxyl groups is 1. The number of fused-ring (bicyclic) bond motifs is 1. The Balaban J connectivity index is 1.42. The van der Waals surface area contributed by atoms with Gasteiger partial charge >= 0.3 is 5.97 Å². The molecule has 3 atom stereocenters. The number of carbonyl (C=O) groups is 4. The molecule has 0 spiro atoms. The van der Waals surface area contributed by atoms with Gasteiger partial charge in [-0.3, -0.25) is 29.4 Å². The summed E-state index contributed by atoms with van der Waals surface area (Å²) in [6.45, 7) is -0.100. The number of rotatable bonds is 9. The van der Waals surface area contributed by atoms with Crippen LogP contribution in [0.25, 0.3) is 0 Å². The number of nitro benzene ring substituents is 1. The van der Waals surface area contributed by atoms with Gasteiger partial charge in [-0.2, -0.15) is 0 Å². The van der Waals surface area contributed by atoms with Gasteiger partial charge in [0.1, 0.15) is 23.8 Å². The number of nitrogens with one attached hydrogen (secondary N) is 1. The molecular weight excluding hydrogens is 494 g/mol. The molecule has 4 rings (SSSR count). The largest absolute Gasteiger partial charge is 0.509 e. The zero-order chi connectivity index (χ0) is 25.8. The molecule has 0 saturated carbocycles. The molecule has 1 fully saturated rings. The SMILES string of the molecule is O=COC(C(=O)NC1C(=O)N2C(C(=O)OCc3ccc([N+](=O)[O-])cc3)=C(O)CS[C@H]12)c1ccccc1. The monoisotopic (exact) mass is 513 g/mol. The van der Waals surface area contributed by atoms with Crippen LogP contribution in [0.5, 0.6) is 0 Å². The second-order valence-electron chi connectivity index (χ2n) is 7.71. The molecule has 2 aliphatic rings. The predicted octanol–water partition coefficient (Wildman–Crippen LogP) is 1.72. The van der Waals surface area contributed by atoms with E-state index in [-0.39, 0.29) is 36.0 Å². The number of hydrogen-bond donors (Lipinski definition) is 2. The highest BCUT2D eigenvalue weighted by molar-refractivity contribution is 8.00. The lowest BCUT2D eigenvalue weighted by molar-refractivity contribution is -0.384. The summed E-state index contributed by atoms with van der Waals surface area (Å²) in [5.41, 5.74) is 0.429. The van der Waals surface area contributed by atoms with Crippen molar-refractivity contribution >= 4 is 41.7 Å². The van der Waals surface area contributed by atoms with Crippen molar-refractivity contribution in [3.63, 3.8) is 0 Å². The molecule has 2 amide bonds. The van der Waals surface area contributed by atoms with Gasteiger partial charge in [-0.15, -0.1) is 11.8 Å². The fourth-order valence-electron chi connectivity index (χ4n) is 3.73. The van der Waals surface area contributed by atoms with Crippen LogP contribution in [0.2, 0.25) is 0 Å². The third-order valence-electron chi connectivity index (χ3n) is 5.49. The number of aliphatic hydroxyl groups excluding tert-OH is 1. The Morgan fingerprint density at radius 3 is 2.56 bits per heavy atom. The summed E-state index contributed by atoms with van der Waals surface area (Å²) in [5, 5.41) is 22.9. The van der Waals surface area contributed by atoms with Crippen LogP contribution < -0.4 is 5.32 Å². The molecule has 2 aromatic rings. The Kier molecular flexibility index (Phi) is 7.20. The highest BCUT2D eigenvalue weighted by Gasteiger charge is 2.55. The second kappa shape index (κ2) is 10.5. The number of hydrogen-bond acceptors (Lipinski definition) is 10. The molecular formula is C23H19N3O9S. The van der Waals surface area contributed by atoms with Crippen LogP contribution in [0.3, 0.4) is 0 Å². The number of ether oxygens (including phenoxy) is 2. The second-order valence-corrected chi connectivity index (χ2v) is 8.82. The Morgan fingerprint density at radius 1 is 1.22 bits per heavy atom. The van der Waals surface area contributed by atoms with Crippen LogP contribution in [0, 0.1) is 10.1 Å². The first kappa shape index (κ1) is 24.7. The summed E-state index contributed by atoms with van der Waals surface area (Å²) in [4.78, 5) is 60.5. The molecule has 36 heavy (non-hydrogen) atoms. The molecule has 12 nitrogen and oxygen atoms in total. The number of nitrogens with zero attached hydrogens (tertiary/aromatic N) is 2. The predicted molar refractivity (Wildman–Crippen MR) is 124 cm³/mol. The van der Waals surface area contributed by atoms with Gasteiger partial charge in [0.05, 0.1) is 10.7 Å². The number of nitro groups is 1. The number of benzene rings is 2. The third kappa shape index (κ3) is 4.86. The molecule has 0 radical (unpaired) electrons. The minimum atomic E-state index is -1.27. The third-order valence-corrected chi connectivity index (χ3v) is 6.75. The van der Waals surface area contributed by atoms with E-state index in [9.17, 15) is 34.4 Å². The summed E-state index contributed by atoms with van der Waals surface area (Å²) < 4.78 is 10.1. The minimum absolute atomic E-state index is 0.00423. The molecule has 1 saturated heterocycles. The van der Waals surface area contributed by atoms with Crippen molar-refractivity contribution in [2.24, 2.45) is 0 Å². The lowest BCUT2D eigenvalue weighted by atomic mass is 10.0. The van der Waals surface area contributed by atoms with Crippen LogP contribution in [0.1, 0.15) is 17.2 Å². The van der Waals surface area contributed by atoms with Gasteiger partial charge in [0.15, 0.2) is 5.70 Å². The van der Waals surface area contributed by atoms with E-state index >= 15 is 0 Å². The van der Waals surface area contributed by atoms with Crippen LogP contribution in [0.4, 0.5) is 5.69 Å². The Morgan fingerprint density at radius 2 is 1.92 bits per heavy atom. The highest BCUT2D eigenvalue weighted by atomic mass is 32.2. The van der Waals surface area contributed by atoms with Crippen molar-refractivity contribution < 1.29 is 38.7 Å². The molecule has 2 heterocycles. The molecule has 2 N–H and O–H groups in total. The van der Waals surface area contributed by atoms with Gasteiger partial charge in [0.25, 0.3) is 24.0 Å². The van der Waals surface area contributed by atoms with E-state index in [0.717, 1.165) is 16.7 Å². The zero-order valence-electron chi connectivity index (χ0n) is 18.4. The van der Waals surface area contributed by atoms with E-state index in [0.29, 0.717) is 11.1 Å². The van der Waals surface area contributed by atoms with Crippen LogP contribution in [-0.2, 0) is 35.3 Å². The number of β-lactam (4-membered cyclic amide) rings is 1. The maximum absolute atomic E-state index is 12.9. The van der Waals surface area contributed by atoms with E-state index in [4.69, 9.17) is 9.47 Å². The topological polar surface area (TPSA) is 165 Å².